The Morgan fingerprint density at radius 2 is 1.48 bits per heavy atom. The third-order valence-electron chi connectivity index (χ3n) is 3.87. The Bertz CT molecular complexity index is 779. The highest BCUT2D eigenvalue weighted by Crippen LogP contribution is 2.27. The van der Waals surface area contributed by atoms with Crippen LogP contribution in [0.1, 0.15) is 22.3 Å². The van der Waals surface area contributed by atoms with E-state index in [2.05, 4.69) is 63.1 Å². The number of rotatable bonds is 6. The molecule has 0 spiro atoms. The predicted molar refractivity (Wildman–Crippen MR) is 102 cm³/mol. The molecule has 2 aromatic rings. The lowest BCUT2D eigenvalue weighted by Gasteiger charge is -2.10. The molecule has 0 unspecified atom stereocenters. The normalized spacial score (nSPS) is 11.0. The van der Waals surface area contributed by atoms with Crippen molar-refractivity contribution in [2.75, 3.05) is 7.11 Å². The van der Waals surface area contributed by atoms with E-state index in [1.165, 1.54) is 5.56 Å². The van der Waals surface area contributed by atoms with Crippen LogP contribution in [0.3, 0.4) is 0 Å². The third kappa shape index (κ3) is 3.70. The number of benzene rings is 2. The minimum Gasteiger partial charge on any atom is -0.497 e. The lowest BCUT2D eigenvalue weighted by atomic mass is 9.96. The van der Waals surface area contributed by atoms with Gasteiger partial charge in [-0.25, -0.2) is 0 Å². The van der Waals surface area contributed by atoms with Crippen LogP contribution in [-0.4, -0.2) is 7.11 Å². The SMILES string of the molecule is C=C/C(=C\c1cc(-c2ccc(C=C)c(C=C)c2)ccc1C)OC. The molecule has 2 rings (SSSR count). The van der Waals surface area contributed by atoms with Crippen LogP contribution in [-0.2, 0) is 4.74 Å². The highest BCUT2D eigenvalue weighted by atomic mass is 16.5. The van der Waals surface area contributed by atoms with Crippen LogP contribution in [0.2, 0.25) is 0 Å². The number of allylic oxidation sites excluding steroid dienone is 1. The molecule has 116 valence electrons. The Kier molecular flexibility index (Phi) is 5.37. The molecule has 0 bridgehead atoms. The smallest absolute Gasteiger partial charge is 0.118 e. The van der Waals surface area contributed by atoms with E-state index in [1.807, 2.05) is 18.2 Å². The van der Waals surface area contributed by atoms with E-state index in [9.17, 15) is 0 Å². The molecular weight excluding hydrogens is 280 g/mol. The van der Waals surface area contributed by atoms with Gasteiger partial charge in [-0.05, 0) is 64.6 Å². The molecule has 0 aliphatic carbocycles. The van der Waals surface area contributed by atoms with Crippen molar-refractivity contribution in [2.24, 2.45) is 0 Å². The Morgan fingerprint density at radius 1 is 0.870 bits per heavy atom. The van der Waals surface area contributed by atoms with Gasteiger partial charge >= 0.3 is 0 Å². The molecule has 0 heterocycles. The molecule has 1 heteroatoms. The van der Waals surface area contributed by atoms with Crippen LogP contribution in [0.4, 0.5) is 0 Å². The van der Waals surface area contributed by atoms with Crippen molar-refractivity contribution in [1.82, 2.24) is 0 Å². The second-order valence-corrected chi connectivity index (χ2v) is 5.28. The lowest BCUT2D eigenvalue weighted by Crippen LogP contribution is -1.88. The number of hydrogen-bond donors (Lipinski definition) is 0. The van der Waals surface area contributed by atoms with E-state index in [0.717, 1.165) is 33.6 Å². The Hall–Kier alpha value is -2.80. The van der Waals surface area contributed by atoms with Crippen LogP contribution in [0, 0.1) is 6.92 Å². The van der Waals surface area contributed by atoms with Crippen molar-refractivity contribution in [3.8, 4) is 11.1 Å². The van der Waals surface area contributed by atoms with Crippen molar-refractivity contribution in [1.29, 1.82) is 0 Å². The summed E-state index contributed by atoms with van der Waals surface area (Å²) in [5, 5.41) is 0. The molecule has 0 aromatic heterocycles. The standard InChI is InChI=1S/C22H22O/c1-6-17-11-12-20(13-18(17)7-2)19-10-9-16(4)21(14-19)15-22(8-3)23-5/h6-15H,1-3H2,4-5H3/b22-15+. The summed E-state index contributed by atoms with van der Waals surface area (Å²) < 4.78 is 5.29. The molecule has 0 aliphatic heterocycles. The highest BCUT2D eigenvalue weighted by Gasteiger charge is 2.04. The molecule has 0 atom stereocenters. The number of hydrogen-bond acceptors (Lipinski definition) is 1. The van der Waals surface area contributed by atoms with Gasteiger partial charge < -0.3 is 4.74 Å². The lowest BCUT2D eigenvalue weighted by molar-refractivity contribution is 0.311. The van der Waals surface area contributed by atoms with Crippen LogP contribution in [0.5, 0.6) is 0 Å². The van der Waals surface area contributed by atoms with Gasteiger partial charge in [0.15, 0.2) is 0 Å². The van der Waals surface area contributed by atoms with Crippen molar-refractivity contribution >= 4 is 18.2 Å². The van der Waals surface area contributed by atoms with Crippen LogP contribution in [0.15, 0.2) is 68.0 Å². The summed E-state index contributed by atoms with van der Waals surface area (Å²) >= 11 is 0. The fraction of sp³-hybridized carbons (Fsp3) is 0.0909. The Labute approximate surface area is 138 Å². The molecule has 0 fully saturated rings. The van der Waals surface area contributed by atoms with Crippen LogP contribution < -0.4 is 0 Å². The zero-order valence-electron chi connectivity index (χ0n) is 13.8. The van der Waals surface area contributed by atoms with Gasteiger partial charge in [0.2, 0.25) is 0 Å². The molecule has 0 N–H and O–H groups in total. The molecule has 0 saturated heterocycles. The monoisotopic (exact) mass is 302 g/mol. The molecule has 0 aliphatic rings. The van der Waals surface area contributed by atoms with E-state index in [0.29, 0.717) is 0 Å². The third-order valence-corrected chi connectivity index (χ3v) is 3.87. The number of ether oxygens (including phenoxy) is 1. The average Bonchev–Trinajstić information content (AvgIpc) is 2.60. The van der Waals surface area contributed by atoms with Crippen molar-refractivity contribution in [3.05, 3.63) is 90.2 Å². The zero-order valence-corrected chi connectivity index (χ0v) is 13.8. The largest absolute Gasteiger partial charge is 0.497 e. The minimum atomic E-state index is 0.749. The quantitative estimate of drug-likeness (QED) is 0.461. The number of aryl methyl sites for hydroxylation is 1. The van der Waals surface area contributed by atoms with Gasteiger partial charge in [0.25, 0.3) is 0 Å². The first-order valence-corrected chi connectivity index (χ1v) is 7.51. The maximum Gasteiger partial charge on any atom is 0.118 e. The second kappa shape index (κ2) is 7.46. The fourth-order valence-corrected chi connectivity index (χ4v) is 2.45. The fourth-order valence-electron chi connectivity index (χ4n) is 2.45. The van der Waals surface area contributed by atoms with Gasteiger partial charge in [0, 0.05) is 0 Å². The Balaban J connectivity index is 2.53. The topological polar surface area (TPSA) is 9.23 Å². The first kappa shape index (κ1) is 16.6. The van der Waals surface area contributed by atoms with E-state index >= 15 is 0 Å². The first-order valence-electron chi connectivity index (χ1n) is 7.51. The second-order valence-electron chi connectivity index (χ2n) is 5.28. The molecule has 23 heavy (non-hydrogen) atoms. The molecule has 1 nitrogen and oxygen atoms in total. The summed E-state index contributed by atoms with van der Waals surface area (Å²) in [7, 11) is 1.65. The molecule has 0 saturated carbocycles. The van der Waals surface area contributed by atoms with Crippen LogP contribution >= 0.6 is 0 Å². The van der Waals surface area contributed by atoms with E-state index in [1.54, 1.807) is 13.2 Å². The summed E-state index contributed by atoms with van der Waals surface area (Å²) in [5.74, 6) is 0.749. The van der Waals surface area contributed by atoms with Gasteiger partial charge in [0.1, 0.15) is 5.76 Å². The van der Waals surface area contributed by atoms with Gasteiger partial charge in [-0.2, -0.15) is 0 Å². The van der Waals surface area contributed by atoms with Gasteiger partial charge in [-0.15, -0.1) is 0 Å². The highest BCUT2D eigenvalue weighted by molar-refractivity contribution is 5.75. The Morgan fingerprint density at radius 3 is 2.04 bits per heavy atom. The summed E-state index contributed by atoms with van der Waals surface area (Å²) in [6.45, 7) is 13.6. The number of methoxy groups -OCH3 is 1. The van der Waals surface area contributed by atoms with E-state index in [-0.39, 0.29) is 0 Å². The molecular formula is C22H22O. The maximum atomic E-state index is 5.29. The van der Waals surface area contributed by atoms with Crippen molar-refractivity contribution in [2.45, 2.75) is 6.92 Å². The predicted octanol–water partition coefficient (Wildman–Crippen LogP) is 6.12. The van der Waals surface area contributed by atoms with Gasteiger partial charge in [-0.3, -0.25) is 0 Å². The van der Waals surface area contributed by atoms with E-state index < -0.39 is 0 Å². The summed E-state index contributed by atoms with van der Waals surface area (Å²) in [6, 6.07) is 12.7. The first-order chi connectivity index (χ1) is 11.1. The summed E-state index contributed by atoms with van der Waals surface area (Å²) in [6.07, 6.45) is 7.41. The maximum absolute atomic E-state index is 5.29. The molecule has 0 amide bonds. The molecule has 2 aromatic carbocycles. The van der Waals surface area contributed by atoms with Crippen molar-refractivity contribution < 1.29 is 4.74 Å². The summed E-state index contributed by atoms with van der Waals surface area (Å²) in [4.78, 5) is 0. The van der Waals surface area contributed by atoms with Gasteiger partial charge in [-0.1, -0.05) is 56.2 Å². The average molecular weight is 302 g/mol. The van der Waals surface area contributed by atoms with Crippen LogP contribution in [0.25, 0.3) is 29.4 Å². The molecule has 0 radical (unpaired) electrons. The summed E-state index contributed by atoms with van der Waals surface area (Å²) in [5.41, 5.74) is 6.78. The van der Waals surface area contributed by atoms with Crippen molar-refractivity contribution in [3.63, 3.8) is 0 Å². The van der Waals surface area contributed by atoms with E-state index in [4.69, 9.17) is 4.74 Å². The zero-order chi connectivity index (χ0) is 16.8. The minimum absolute atomic E-state index is 0.749. The van der Waals surface area contributed by atoms with Gasteiger partial charge in [0.05, 0.1) is 7.11 Å².